The van der Waals surface area contributed by atoms with Gasteiger partial charge in [0.15, 0.2) is 0 Å². The maximum atomic E-state index is 11.8. The van der Waals surface area contributed by atoms with Gasteiger partial charge < -0.3 is 15.7 Å². The van der Waals surface area contributed by atoms with Crippen LogP contribution in [-0.4, -0.2) is 35.5 Å². The predicted molar refractivity (Wildman–Crippen MR) is 66.9 cm³/mol. The van der Waals surface area contributed by atoms with Crippen molar-refractivity contribution >= 4 is 17.8 Å². The second-order valence-electron chi connectivity index (χ2n) is 4.61. The number of amides is 2. The summed E-state index contributed by atoms with van der Waals surface area (Å²) in [5.41, 5.74) is 0. The second kappa shape index (κ2) is 7.68. The van der Waals surface area contributed by atoms with Gasteiger partial charge in [-0.05, 0) is 12.3 Å². The fourth-order valence-electron chi connectivity index (χ4n) is 1.49. The topological polar surface area (TPSA) is 95.5 Å². The number of hydrogen-bond donors (Lipinski definition) is 3. The van der Waals surface area contributed by atoms with E-state index < -0.39 is 17.9 Å². The Kier molecular flexibility index (Phi) is 7.00. The van der Waals surface area contributed by atoms with Crippen molar-refractivity contribution in [3.05, 3.63) is 0 Å². The summed E-state index contributed by atoms with van der Waals surface area (Å²) in [7, 11) is 0. The van der Waals surface area contributed by atoms with Crippen LogP contribution in [0.2, 0.25) is 0 Å². The fraction of sp³-hybridized carbons (Fsp3) is 0.750. The van der Waals surface area contributed by atoms with Crippen LogP contribution in [0.3, 0.4) is 0 Å². The molecule has 104 valence electrons. The average Bonchev–Trinajstić information content (AvgIpc) is 2.25. The van der Waals surface area contributed by atoms with E-state index in [1.807, 2.05) is 13.8 Å². The number of rotatable bonds is 7. The van der Waals surface area contributed by atoms with E-state index in [2.05, 4.69) is 10.6 Å². The third-order valence-corrected chi connectivity index (χ3v) is 2.67. The van der Waals surface area contributed by atoms with Crippen molar-refractivity contribution in [3.63, 3.8) is 0 Å². The smallest absolute Gasteiger partial charge is 0.308 e. The molecule has 0 saturated heterocycles. The lowest BCUT2D eigenvalue weighted by atomic mass is 10.0. The molecule has 0 aromatic heterocycles. The SMILES string of the molecule is CCC(CNC(=O)C(NC(C)=O)C(C)C)C(=O)O. The van der Waals surface area contributed by atoms with Crippen LogP contribution in [0.25, 0.3) is 0 Å². The van der Waals surface area contributed by atoms with Gasteiger partial charge in [-0.2, -0.15) is 0 Å². The van der Waals surface area contributed by atoms with Crippen molar-refractivity contribution < 1.29 is 19.5 Å². The largest absolute Gasteiger partial charge is 0.481 e. The Balaban J connectivity index is 4.43. The maximum Gasteiger partial charge on any atom is 0.308 e. The Labute approximate surface area is 107 Å². The predicted octanol–water partition coefficient (Wildman–Crippen LogP) is 0.374. The molecule has 0 aromatic rings. The monoisotopic (exact) mass is 258 g/mol. The number of carbonyl (C=O) groups excluding carboxylic acids is 2. The summed E-state index contributed by atoms with van der Waals surface area (Å²) in [6.07, 6.45) is 0.447. The van der Waals surface area contributed by atoms with Gasteiger partial charge in [-0.3, -0.25) is 14.4 Å². The highest BCUT2D eigenvalue weighted by Gasteiger charge is 2.24. The summed E-state index contributed by atoms with van der Waals surface area (Å²) in [6.45, 7) is 6.80. The Morgan fingerprint density at radius 3 is 2.11 bits per heavy atom. The molecule has 6 heteroatoms. The molecule has 0 spiro atoms. The highest BCUT2D eigenvalue weighted by atomic mass is 16.4. The molecular weight excluding hydrogens is 236 g/mol. The van der Waals surface area contributed by atoms with Crippen molar-refractivity contribution in [2.45, 2.75) is 40.2 Å². The van der Waals surface area contributed by atoms with Gasteiger partial charge >= 0.3 is 5.97 Å². The van der Waals surface area contributed by atoms with Gasteiger partial charge in [-0.25, -0.2) is 0 Å². The third-order valence-electron chi connectivity index (χ3n) is 2.67. The van der Waals surface area contributed by atoms with E-state index in [-0.39, 0.29) is 24.3 Å². The first-order valence-corrected chi connectivity index (χ1v) is 6.07. The molecule has 0 saturated carbocycles. The number of nitrogens with one attached hydrogen (secondary N) is 2. The summed E-state index contributed by atoms with van der Waals surface area (Å²) in [4.78, 5) is 33.6. The normalized spacial score (nSPS) is 13.8. The molecular formula is C12H22N2O4. The Morgan fingerprint density at radius 1 is 1.22 bits per heavy atom. The zero-order chi connectivity index (χ0) is 14.3. The van der Waals surface area contributed by atoms with Crippen LogP contribution in [0, 0.1) is 11.8 Å². The molecule has 3 N–H and O–H groups in total. The van der Waals surface area contributed by atoms with Gasteiger partial charge in [0.1, 0.15) is 6.04 Å². The Morgan fingerprint density at radius 2 is 1.78 bits per heavy atom. The zero-order valence-corrected chi connectivity index (χ0v) is 11.3. The average molecular weight is 258 g/mol. The van der Waals surface area contributed by atoms with Crippen LogP contribution >= 0.6 is 0 Å². The number of hydrogen-bond acceptors (Lipinski definition) is 3. The number of carbonyl (C=O) groups is 3. The van der Waals surface area contributed by atoms with Gasteiger partial charge in [0.25, 0.3) is 0 Å². The summed E-state index contributed by atoms with van der Waals surface area (Å²) in [6, 6.07) is -0.631. The first-order valence-electron chi connectivity index (χ1n) is 6.07. The molecule has 0 bridgehead atoms. The molecule has 0 aliphatic carbocycles. The van der Waals surface area contributed by atoms with Crippen LogP contribution in [0.5, 0.6) is 0 Å². The van der Waals surface area contributed by atoms with Crippen LogP contribution in [-0.2, 0) is 14.4 Å². The quantitative estimate of drug-likeness (QED) is 0.615. The number of aliphatic carboxylic acids is 1. The van der Waals surface area contributed by atoms with Crippen molar-refractivity contribution in [2.75, 3.05) is 6.54 Å². The van der Waals surface area contributed by atoms with Gasteiger partial charge in [0.05, 0.1) is 5.92 Å². The summed E-state index contributed by atoms with van der Waals surface area (Å²) in [5.74, 6) is -2.22. The van der Waals surface area contributed by atoms with Crippen LogP contribution in [0.1, 0.15) is 34.1 Å². The zero-order valence-electron chi connectivity index (χ0n) is 11.3. The molecule has 0 heterocycles. The molecule has 0 aliphatic heterocycles. The van der Waals surface area contributed by atoms with E-state index in [9.17, 15) is 14.4 Å². The molecule has 2 atom stereocenters. The van der Waals surface area contributed by atoms with E-state index in [1.165, 1.54) is 6.92 Å². The number of carboxylic acid groups (broad SMARTS) is 1. The van der Waals surface area contributed by atoms with Crippen LogP contribution < -0.4 is 10.6 Å². The van der Waals surface area contributed by atoms with Gasteiger partial charge in [-0.1, -0.05) is 20.8 Å². The van der Waals surface area contributed by atoms with E-state index in [4.69, 9.17) is 5.11 Å². The minimum Gasteiger partial charge on any atom is -0.481 e. The second-order valence-corrected chi connectivity index (χ2v) is 4.61. The highest BCUT2D eigenvalue weighted by Crippen LogP contribution is 2.04. The van der Waals surface area contributed by atoms with E-state index in [1.54, 1.807) is 6.92 Å². The fourth-order valence-corrected chi connectivity index (χ4v) is 1.49. The van der Waals surface area contributed by atoms with E-state index in [0.717, 1.165) is 0 Å². The summed E-state index contributed by atoms with van der Waals surface area (Å²) < 4.78 is 0. The lowest BCUT2D eigenvalue weighted by Gasteiger charge is -2.21. The Hall–Kier alpha value is -1.59. The summed E-state index contributed by atoms with van der Waals surface area (Å²) in [5, 5.41) is 14.0. The molecule has 0 rings (SSSR count). The third kappa shape index (κ3) is 5.65. The first kappa shape index (κ1) is 16.4. The molecule has 0 radical (unpaired) electrons. The molecule has 2 unspecified atom stereocenters. The van der Waals surface area contributed by atoms with Crippen molar-refractivity contribution in [2.24, 2.45) is 11.8 Å². The molecule has 18 heavy (non-hydrogen) atoms. The number of carboxylic acids is 1. The Bertz CT molecular complexity index is 315. The van der Waals surface area contributed by atoms with Crippen LogP contribution in [0.4, 0.5) is 0 Å². The van der Waals surface area contributed by atoms with Gasteiger partial charge in [-0.15, -0.1) is 0 Å². The first-order chi connectivity index (χ1) is 8.29. The molecule has 0 aliphatic rings. The highest BCUT2D eigenvalue weighted by molar-refractivity contribution is 5.87. The van der Waals surface area contributed by atoms with Crippen molar-refractivity contribution in [1.29, 1.82) is 0 Å². The lowest BCUT2D eigenvalue weighted by Crippen LogP contribution is -2.50. The standard InChI is InChI=1S/C12H22N2O4/c1-5-9(12(17)18)6-13-11(16)10(7(2)3)14-8(4)15/h7,9-10H,5-6H2,1-4H3,(H,13,16)(H,14,15)(H,17,18). The van der Waals surface area contributed by atoms with Gasteiger partial charge in [0.2, 0.25) is 11.8 Å². The minimum atomic E-state index is -0.932. The lowest BCUT2D eigenvalue weighted by molar-refractivity contribution is -0.142. The molecule has 6 nitrogen and oxygen atoms in total. The summed E-state index contributed by atoms with van der Waals surface area (Å²) >= 11 is 0. The van der Waals surface area contributed by atoms with Crippen molar-refractivity contribution in [3.8, 4) is 0 Å². The molecule has 0 fully saturated rings. The van der Waals surface area contributed by atoms with E-state index in [0.29, 0.717) is 6.42 Å². The minimum absolute atomic E-state index is 0.0567. The van der Waals surface area contributed by atoms with Crippen LogP contribution in [0.15, 0.2) is 0 Å². The van der Waals surface area contributed by atoms with Gasteiger partial charge in [0, 0.05) is 13.5 Å². The molecule has 0 aromatic carbocycles. The van der Waals surface area contributed by atoms with E-state index >= 15 is 0 Å². The molecule has 2 amide bonds. The van der Waals surface area contributed by atoms with Crippen molar-refractivity contribution in [1.82, 2.24) is 10.6 Å². The maximum absolute atomic E-state index is 11.8.